The van der Waals surface area contributed by atoms with Gasteiger partial charge in [-0.05, 0) is 6.92 Å². The van der Waals surface area contributed by atoms with Crippen LogP contribution in [0, 0.1) is 0 Å². The molecule has 0 saturated carbocycles. The van der Waals surface area contributed by atoms with E-state index in [0.29, 0.717) is 6.61 Å². The molecule has 0 aromatic heterocycles. The minimum Gasteiger partial charge on any atom is -0.462 e. The third-order valence-electron chi connectivity index (χ3n) is 1.40. The Labute approximate surface area is 64.7 Å². The zero-order chi connectivity index (χ0) is 8.48. The maximum atomic E-state index is 10.9. The average molecular weight is 158 g/mol. The maximum Gasteiger partial charge on any atom is 0.339 e. The first-order chi connectivity index (χ1) is 5.10. The van der Waals surface area contributed by atoms with Gasteiger partial charge < -0.3 is 4.74 Å². The summed E-state index contributed by atoms with van der Waals surface area (Å²) < 4.78 is 4.67. The molecule has 62 valence electrons. The van der Waals surface area contributed by atoms with E-state index in [0.717, 1.165) is 0 Å². The van der Waals surface area contributed by atoms with Gasteiger partial charge in [-0.15, -0.1) is 0 Å². The Morgan fingerprint density at radius 1 is 1.64 bits per heavy atom. The molecule has 1 fully saturated rings. The van der Waals surface area contributed by atoms with Gasteiger partial charge in [0.05, 0.1) is 12.2 Å². The zero-order valence-electron chi connectivity index (χ0n) is 6.55. The van der Waals surface area contributed by atoms with Crippen molar-refractivity contribution in [1.82, 2.24) is 0 Å². The fourth-order valence-corrected chi connectivity index (χ4v) is 0.567. The molecule has 0 aliphatic carbocycles. The molecule has 0 aromatic carbocycles. The summed E-state index contributed by atoms with van der Waals surface area (Å²) in [4.78, 5) is 20.0. The van der Waals surface area contributed by atoms with Crippen LogP contribution in [0.15, 0.2) is 12.2 Å². The SMILES string of the molecule is C=C(C(=O)OCC)C1(C)OO1. The van der Waals surface area contributed by atoms with E-state index in [1.165, 1.54) is 0 Å². The van der Waals surface area contributed by atoms with Crippen molar-refractivity contribution in [1.29, 1.82) is 0 Å². The molecular weight excluding hydrogens is 148 g/mol. The van der Waals surface area contributed by atoms with Gasteiger partial charge in [0.15, 0.2) is 0 Å². The summed E-state index contributed by atoms with van der Waals surface area (Å²) in [6.07, 6.45) is 0. The first-order valence-corrected chi connectivity index (χ1v) is 3.33. The fraction of sp³-hybridized carbons (Fsp3) is 0.571. The highest BCUT2D eigenvalue weighted by atomic mass is 17.4. The minimum absolute atomic E-state index is 0.194. The molecule has 4 heteroatoms. The molecule has 0 unspecified atom stereocenters. The normalized spacial score (nSPS) is 19.1. The number of hydrogen-bond acceptors (Lipinski definition) is 4. The predicted octanol–water partition coefficient (Wildman–Crippen LogP) is 0.784. The molecule has 0 radical (unpaired) electrons. The Bertz CT molecular complexity index is 193. The van der Waals surface area contributed by atoms with Crippen molar-refractivity contribution < 1.29 is 19.3 Å². The summed E-state index contributed by atoms with van der Waals surface area (Å²) in [6, 6.07) is 0. The molecule has 1 saturated heterocycles. The summed E-state index contributed by atoms with van der Waals surface area (Å²) in [5, 5.41) is 0. The van der Waals surface area contributed by atoms with E-state index < -0.39 is 11.8 Å². The molecule has 0 spiro atoms. The smallest absolute Gasteiger partial charge is 0.339 e. The lowest BCUT2D eigenvalue weighted by molar-refractivity contribution is -0.139. The van der Waals surface area contributed by atoms with Gasteiger partial charge in [-0.2, -0.15) is 9.78 Å². The lowest BCUT2D eigenvalue weighted by Crippen LogP contribution is -2.18. The number of carbonyl (C=O) groups excluding carboxylic acids is 1. The molecule has 1 rings (SSSR count). The third kappa shape index (κ3) is 1.58. The van der Waals surface area contributed by atoms with E-state index in [9.17, 15) is 4.79 Å². The van der Waals surface area contributed by atoms with E-state index >= 15 is 0 Å². The lowest BCUT2D eigenvalue weighted by atomic mass is 10.1. The molecule has 11 heavy (non-hydrogen) atoms. The molecule has 1 aliphatic rings. The first kappa shape index (κ1) is 8.23. The molecule has 0 N–H and O–H groups in total. The van der Waals surface area contributed by atoms with Crippen molar-refractivity contribution in [3.8, 4) is 0 Å². The summed E-state index contributed by atoms with van der Waals surface area (Å²) in [7, 11) is 0. The number of hydrogen-bond donors (Lipinski definition) is 0. The Balaban J connectivity index is 2.47. The van der Waals surface area contributed by atoms with E-state index in [1.807, 2.05) is 0 Å². The van der Waals surface area contributed by atoms with Gasteiger partial charge in [0.1, 0.15) is 0 Å². The molecule has 0 bridgehead atoms. The average Bonchev–Trinajstić information content (AvgIpc) is 2.68. The molecule has 0 atom stereocenters. The Morgan fingerprint density at radius 3 is 2.55 bits per heavy atom. The van der Waals surface area contributed by atoms with Crippen LogP contribution in [0.4, 0.5) is 0 Å². The van der Waals surface area contributed by atoms with Crippen LogP contribution in [-0.2, 0) is 19.3 Å². The largest absolute Gasteiger partial charge is 0.462 e. The fourth-order valence-electron chi connectivity index (χ4n) is 0.567. The lowest BCUT2D eigenvalue weighted by Gasteiger charge is -2.03. The molecule has 1 aliphatic heterocycles. The summed E-state index contributed by atoms with van der Waals surface area (Å²) in [5.41, 5.74) is 0.194. The van der Waals surface area contributed by atoms with Crippen LogP contribution < -0.4 is 0 Å². The number of carbonyl (C=O) groups is 1. The van der Waals surface area contributed by atoms with Crippen LogP contribution in [-0.4, -0.2) is 18.4 Å². The van der Waals surface area contributed by atoms with Gasteiger partial charge in [-0.3, -0.25) is 0 Å². The summed E-state index contributed by atoms with van der Waals surface area (Å²) in [5.74, 6) is -1.42. The minimum atomic E-state index is -0.938. The van der Waals surface area contributed by atoms with Gasteiger partial charge >= 0.3 is 5.97 Å². The van der Waals surface area contributed by atoms with Crippen molar-refractivity contribution in [2.75, 3.05) is 6.61 Å². The molecule has 0 amide bonds. The third-order valence-corrected chi connectivity index (χ3v) is 1.40. The van der Waals surface area contributed by atoms with E-state index in [1.54, 1.807) is 13.8 Å². The van der Waals surface area contributed by atoms with Gasteiger partial charge in [0.25, 0.3) is 5.79 Å². The monoisotopic (exact) mass is 158 g/mol. The Hall–Kier alpha value is -0.870. The van der Waals surface area contributed by atoms with Crippen molar-refractivity contribution in [3.63, 3.8) is 0 Å². The quantitative estimate of drug-likeness (QED) is 0.263. The van der Waals surface area contributed by atoms with Gasteiger partial charge in [-0.25, -0.2) is 4.79 Å². The van der Waals surface area contributed by atoms with Crippen molar-refractivity contribution in [3.05, 3.63) is 12.2 Å². The van der Waals surface area contributed by atoms with Crippen molar-refractivity contribution >= 4 is 5.97 Å². The topological polar surface area (TPSA) is 51.4 Å². The maximum absolute atomic E-state index is 10.9. The van der Waals surface area contributed by atoms with E-state index in [4.69, 9.17) is 0 Å². The second-order valence-corrected chi connectivity index (χ2v) is 2.31. The Kier molecular flexibility index (Phi) is 1.97. The van der Waals surface area contributed by atoms with Crippen LogP contribution >= 0.6 is 0 Å². The second kappa shape index (κ2) is 2.64. The second-order valence-electron chi connectivity index (χ2n) is 2.31. The van der Waals surface area contributed by atoms with E-state index in [-0.39, 0.29) is 5.57 Å². The number of ether oxygens (including phenoxy) is 1. The first-order valence-electron chi connectivity index (χ1n) is 3.33. The number of rotatable bonds is 3. The van der Waals surface area contributed by atoms with Crippen molar-refractivity contribution in [2.24, 2.45) is 0 Å². The van der Waals surface area contributed by atoms with Crippen LogP contribution in [0.2, 0.25) is 0 Å². The number of esters is 1. The molecular formula is C7H10O4. The zero-order valence-corrected chi connectivity index (χ0v) is 6.55. The summed E-state index contributed by atoms with van der Waals surface area (Å²) in [6.45, 7) is 7.14. The van der Waals surface area contributed by atoms with Crippen molar-refractivity contribution in [2.45, 2.75) is 19.6 Å². The molecule has 1 heterocycles. The van der Waals surface area contributed by atoms with Crippen LogP contribution in [0.25, 0.3) is 0 Å². The van der Waals surface area contributed by atoms with Gasteiger partial charge in [-0.1, -0.05) is 6.58 Å². The van der Waals surface area contributed by atoms with E-state index in [2.05, 4.69) is 21.1 Å². The van der Waals surface area contributed by atoms with Crippen LogP contribution in [0.3, 0.4) is 0 Å². The highest BCUT2D eigenvalue weighted by Gasteiger charge is 2.50. The highest BCUT2D eigenvalue weighted by Crippen LogP contribution is 2.35. The summed E-state index contributed by atoms with van der Waals surface area (Å²) >= 11 is 0. The standard InChI is InChI=1S/C7H10O4/c1-4-9-6(8)5(2)7(3)10-11-7/h2,4H2,1,3H3. The van der Waals surface area contributed by atoms with Gasteiger partial charge in [0.2, 0.25) is 0 Å². The van der Waals surface area contributed by atoms with Gasteiger partial charge in [0, 0.05) is 6.92 Å². The molecule has 4 nitrogen and oxygen atoms in total. The van der Waals surface area contributed by atoms with Crippen LogP contribution in [0.1, 0.15) is 13.8 Å². The molecule has 0 aromatic rings. The highest BCUT2D eigenvalue weighted by molar-refractivity contribution is 5.89. The van der Waals surface area contributed by atoms with Crippen LogP contribution in [0.5, 0.6) is 0 Å². The Morgan fingerprint density at radius 2 is 2.18 bits per heavy atom. The predicted molar refractivity (Wildman–Crippen MR) is 36.3 cm³/mol.